The van der Waals surface area contributed by atoms with E-state index >= 15 is 0 Å². The molecule has 226 valence electrons. The van der Waals surface area contributed by atoms with Gasteiger partial charge in [0, 0.05) is 25.9 Å². The maximum absolute atomic E-state index is 12.8. The van der Waals surface area contributed by atoms with Gasteiger partial charge in [0.15, 0.2) is 0 Å². The van der Waals surface area contributed by atoms with Crippen molar-refractivity contribution >= 4 is 18.0 Å². The second-order valence-corrected chi connectivity index (χ2v) is 11.5. The van der Waals surface area contributed by atoms with Gasteiger partial charge in [0.1, 0.15) is 12.2 Å². The van der Waals surface area contributed by atoms with E-state index < -0.39 is 11.6 Å². The number of unbranched alkanes of at least 4 members (excludes halogenated alkanes) is 8. The molecule has 0 saturated carbocycles. The fourth-order valence-electron chi connectivity index (χ4n) is 4.23. The molecule has 1 rings (SSSR count). The first-order valence-corrected chi connectivity index (χ1v) is 15.2. The highest BCUT2D eigenvalue weighted by molar-refractivity contribution is 5.69. The standard InChI is InChI=1S/C33H53NO6/c1-5-6-7-8-9-13-16-26-39-31(37)20-17-18-28-21-23-29(24-22-28)27-34(32(38)40-33(2,3)4)25-15-12-10-11-14-19-30(35)36/h13,16,21-24H,5-12,14-15,17-20,25-27H2,1-4H3,(H,35,36)/b16-13-. The topological polar surface area (TPSA) is 93.1 Å². The summed E-state index contributed by atoms with van der Waals surface area (Å²) in [6.45, 7) is 9.19. The van der Waals surface area contributed by atoms with Crippen LogP contribution in [0.15, 0.2) is 36.4 Å². The molecule has 0 spiro atoms. The van der Waals surface area contributed by atoms with Crippen LogP contribution in [0.3, 0.4) is 0 Å². The Morgan fingerprint density at radius 2 is 1.48 bits per heavy atom. The lowest BCUT2D eigenvalue weighted by molar-refractivity contribution is -0.142. The largest absolute Gasteiger partial charge is 0.481 e. The Hall–Kier alpha value is -2.83. The lowest BCUT2D eigenvalue weighted by Crippen LogP contribution is -2.37. The van der Waals surface area contributed by atoms with Gasteiger partial charge in [-0.05, 0) is 70.4 Å². The van der Waals surface area contributed by atoms with Crippen LogP contribution in [-0.2, 0) is 32.0 Å². The van der Waals surface area contributed by atoms with Crippen molar-refractivity contribution in [2.24, 2.45) is 0 Å². The summed E-state index contributed by atoms with van der Waals surface area (Å²) in [7, 11) is 0. The van der Waals surface area contributed by atoms with Gasteiger partial charge in [-0.1, -0.05) is 81.9 Å². The molecule has 0 fully saturated rings. The zero-order chi connectivity index (χ0) is 29.6. The second-order valence-electron chi connectivity index (χ2n) is 11.5. The van der Waals surface area contributed by atoms with E-state index in [0.29, 0.717) is 32.5 Å². The number of carboxylic acid groups (broad SMARTS) is 1. The summed E-state index contributed by atoms with van der Waals surface area (Å²) in [5.74, 6) is -0.918. The average Bonchev–Trinajstić information content (AvgIpc) is 2.88. The van der Waals surface area contributed by atoms with E-state index in [1.807, 2.05) is 39.0 Å². The number of amides is 1. The minimum absolute atomic E-state index is 0.165. The molecule has 7 heteroatoms. The number of rotatable bonds is 21. The third kappa shape index (κ3) is 19.3. The van der Waals surface area contributed by atoms with Crippen LogP contribution in [0.5, 0.6) is 0 Å². The van der Waals surface area contributed by atoms with Crippen molar-refractivity contribution in [1.29, 1.82) is 0 Å². The van der Waals surface area contributed by atoms with Crippen molar-refractivity contribution in [3.8, 4) is 0 Å². The number of carbonyl (C=O) groups is 3. The van der Waals surface area contributed by atoms with Crippen molar-refractivity contribution < 1.29 is 29.0 Å². The fourth-order valence-corrected chi connectivity index (χ4v) is 4.23. The number of hydrogen-bond donors (Lipinski definition) is 1. The molecule has 1 aromatic rings. The van der Waals surface area contributed by atoms with Gasteiger partial charge >= 0.3 is 18.0 Å². The summed E-state index contributed by atoms with van der Waals surface area (Å²) >= 11 is 0. The third-order valence-electron chi connectivity index (χ3n) is 6.44. The van der Waals surface area contributed by atoms with Gasteiger partial charge < -0.3 is 19.5 Å². The first-order chi connectivity index (χ1) is 19.1. The van der Waals surface area contributed by atoms with Crippen LogP contribution in [0.25, 0.3) is 0 Å². The van der Waals surface area contributed by atoms with E-state index in [1.165, 1.54) is 25.7 Å². The molecular weight excluding hydrogens is 506 g/mol. The monoisotopic (exact) mass is 559 g/mol. The van der Waals surface area contributed by atoms with Crippen LogP contribution in [0, 0.1) is 0 Å². The van der Waals surface area contributed by atoms with Crippen LogP contribution >= 0.6 is 0 Å². The van der Waals surface area contributed by atoms with Gasteiger partial charge in [0.2, 0.25) is 0 Å². The smallest absolute Gasteiger partial charge is 0.410 e. The second kappa shape index (κ2) is 21.0. The highest BCUT2D eigenvalue weighted by Gasteiger charge is 2.22. The number of esters is 1. The molecule has 1 amide bonds. The number of allylic oxidation sites excluding steroid dienone is 1. The number of aryl methyl sites for hydroxylation is 1. The number of aliphatic carboxylic acids is 1. The van der Waals surface area contributed by atoms with E-state index in [-0.39, 0.29) is 18.5 Å². The molecule has 0 bridgehead atoms. The number of hydrogen-bond acceptors (Lipinski definition) is 5. The number of ether oxygens (including phenoxy) is 2. The van der Waals surface area contributed by atoms with Crippen molar-refractivity contribution in [2.75, 3.05) is 13.2 Å². The number of nitrogens with zero attached hydrogens (tertiary/aromatic N) is 1. The van der Waals surface area contributed by atoms with Gasteiger partial charge in [0.25, 0.3) is 0 Å². The van der Waals surface area contributed by atoms with E-state index in [2.05, 4.69) is 25.1 Å². The van der Waals surface area contributed by atoms with Crippen molar-refractivity contribution in [1.82, 2.24) is 4.90 Å². The minimum atomic E-state index is -0.753. The van der Waals surface area contributed by atoms with Gasteiger partial charge in [-0.15, -0.1) is 0 Å². The van der Waals surface area contributed by atoms with Crippen LogP contribution in [-0.4, -0.2) is 46.8 Å². The summed E-state index contributed by atoms with van der Waals surface area (Å²) in [5, 5.41) is 8.75. The molecule has 1 N–H and O–H groups in total. The summed E-state index contributed by atoms with van der Waals surface area (Å²) in [5.41, 5.74) is 1.60. The molecule has 0 aromatic heterocycles. The summed E-state index contributed by atoms with van der Waals surface area (Å²) < 4.78 is 10.9. The third-order valence-corrected chi connectivity index (χ3v) is 6.44. The van der Waals surface area contributed by atoms with E-state index in [9.17, 15) is 14.4 Å². The molecule has 0 radical (unpaired) electrons. The SMILES string of the molecule is CCCCCC/C=C\COC(=O)CCCc1ccc(CN(CCCCCCCC(=O)O)C(=O)OC(C)(C)C)cc1. The molecule has 0 heterocycles. The Morgan fingerprint density at radius 3 is 2.15 bits per heavy atom. The van der Waals surface area contributed by atoms with Gasteiger partial charge in [0.05, 0.1) is 0 Å². The molecule has 0 saturated heterocycles. The quantitative estimate of drug-likeness (QED) is 0.0926. The van der Waals surface area contributed by atoms with Crippen LogP contribution in [0.1, 0.15) is 122 Å². The minimum Gasteiger partial charge on any atom is -0.481 e. The number of carboxylic acids is 1. The molecule has 1 aromatic carbocycles. The maximum atomic E-state index is 12.8. The predicted molar refractivity (Wildman–Crippen MR) is 160 cm³/mol. The highest BCUT2D eigenvalue weighted by atomic mass is 16.6. The predicted octanol–water partition coefficient (Wildman–Crippen LogP) is 8.24. The summed E-state index contributed by atoms with van der Waals surface area (Å²) in [4.78, 5) is 37.2. The Kier molecular flexibility index (Phi) is 18.5. The lowest BCUT2D eigenvalue weighted by Gasteiger charge is -2.27. The van der Waals surface area contributed by atoms with E-state index in [4.69, 9.17) is 14.6 Å². The van der Waals surface area contributed by atoms with Gasteiger partial charge in [-0.3, -0.25) is 9.59 Å². The first-order valence-electron chi connectivity index (χ1n) is 15.2. The molecule has 0 unspecified atom stereocenters. The van der Waals surface area contributed by atoms with Crippen LogP contribution in [0.2, 0.25) is 0 Å². The Morgan fingerprint density at radius 1 is 0.825 bits per heavy atom. The van der Waals surface area contributed by atoms with Crippen molar-refractivity contribution in [2.45, 2.75) is 130 Å². The van der Waals surface area contributed by atoms with Gasteiger partial charge in [-0.25, -0.2) is 4.79 Å². The van der Waals surface area contributed by atoms with E-state index in [1.54, 1.807) is 4.90 Å². The number of carbonyl (C=O) groups excluding carboxylic acids is 2. The maximum Gasteiger partial charge on any atom is 0.410 e. The molecule has 0 aliphatic carbocycles. The zero-order valence-electron chi connectivity index (χ0n) is 25.4. The molecular formula is C33H53NO6. The summed E-state index contributed by atoms with van der Waals surface area (Å²) in [6, 6.07) is 8.17. The van der Waals surface area contributed by atoms with Crippen molar-refractivity contribution in [3.63, 3.8) is 0 Å². The molecule has 7 nitrogen and oxygen atoms in total. The fraction of sp³-hybridized carbons (Fsp3) is 0.667. The van der Waals surface area contributed by atoms with E-state index in [0.717, 1.165) is 56.1 Å². The average molecular weight is 560 g/mol. The molecule has 0 atom stereocenters. The normalized spacial score (nSPS) is 11.5. The highest BCUT2D eigenvalue weighted by Crippen LogP contribution is 2.16. The Labute approximate surface area is 242 Å². The number of benzene rings is 1. The van der Waals surface area contributed by atoms with Crippen molar-refractivity contribution in [3.05, 3.63) is 47.5 Å². The lowest BCUT2D eigenvalue weighted by atomic mass is 10.1. The van der Waals surface area contributed by atoms with Crippen LogP contribution < -0.4 is 0 Å². The molecule has 0 aliphatic heterocycles. The Bertz CT molecular complexity index is 872. The molecule has 0 aliphatic rings. The van der Waals surface area contributed by atoms with Gasteiger partial charge in [-0.2, -0.15) is 0 Å². The summed E-state index contributed by atoms with van der Waals surface area (Å²) in [6.07, 6.45) is 16.1. The van der Waals surface area contributed by atoms with Crippen LogP contribution in [0.4, 0.5) is 4.79 Å². The zero-order valence-corrected chi connectivity index (χ0v) is 25.4. The molecule has 40 heavy (non-hydrogen) atoms. The first kappa shape index (κ1) is 35.2. The Balaban J connectivity index is 2.43.